The highest BCUT2D eigenvalue weighted by atomic mass is 16.7. The smallest absolute Gasteiger partial charge is 0.274 e. The summed E-state index contributed by atoms with van der Waals surface area (Å²) in [5, 5.41) is 8.87. The van der Waals surface area contributed by atoms with Gasteiger partial charge in [0.05, 0.1) is 12.2 Å². The summed E-state index contributed by atoms with van der Waals surface area (Å²) in [5.74, 6) is 1.32. The SMILES string of the molecule is Cc1nn(C)c(C)c1CN(Cc1ccc2c(c1)OCO2)C(=O)c1cc(C)n(C)n1. The third kappa shape index (κ3) is 3.57. The minimum atomic E-state index is -0.117. The first-order valence-electron chi connectivity index (χ1n) is 9.51. The predicted molar refractivity (Wildman–Crippen MR) is 107 cm³/mol. The molecule has 0 saturated carbocycles. The summed E-state index contributed by atoms with van der Waals surface area (Å²) in [4.78, 5) is 15.2. The van der Waals surface area contributed by atoms with Crippen molar-refractivity contribution >= 4 is 5.91 Å². The lowest BCUT2D eigenvalue weighted by molar-refractivity contribution is 0.0722. The highest BCUT2D eigenvalue weighted by Gasteiger charge is 2.23. The Balaban J connectivity index is 1.67. The molecular formula is C21H25N5O3. The van der Waals surface area contributed by atoms with Crippen molar-refractivity contribution in [1.82, 2.24) is 24.5 Å². The number of carbonyl (C=O) groups is 1. The van der Waals surface area contributed by atoms with Gasteiger partial charge in [0, 0.05) is 37.6 Å². The zero-order valence-corrected chi connectivity index (χ0v) is 17.4. The zero-order chi connectivity index (χ0) is 20.7. The summed E-state index contributed by atoms with van der Waals surface area (Å²) in [6.07, 6.45) is 0. The summed E-state index contributed by atoms with van der Waals surface area (Å²) in [6.45, 7) is 7.03. The number of rotatable bonds is 5. The van der Waals surface area contributed by atoms with Crippen LogP contribution >= 0.6 is 0 Å². The van der Waals surface area contributed by atoms with Gasteiger partial charge in [0.15, 0.2) is 17.2 Å². The van der Waals surface area contributed by atoms with Crippen LogP contribution in [-0.4, -0.2) is 37.2 Å². The Morgan fingerprint density at radius 2 is 1.79 bits per heavy atom. The molecule has 0 spiro atoms. The second-order valence-corrected chi connectivity index (χ2v) is 7.42. The van der Waals surface area contributed by atoms with Crippen molar-refractivity contribution in [1.29, 1.82) is 0 Å². The average molecular weight is 395 g/mol. The van der Waals surface area contributed by atoms with Crippen LogP contribution in [0.25, 0.3) is 0 Å². The number of amides is 1. The molecule has 0 bridgehead atoms. The van der Waals surface area contributed by atoms with E-state index in [9.17, 15) is 4.79 Å². The van der Waals surface area contributed by atoms with E-state index in [1.807, 2.05) is 63.8 Å². The van der Waals surface area contributed by atoms with E-state index in [2.05, 4.69) is 10.2 Å². The molecule has 1 amide bonds. The quantitative estimate of drug-likeness (QED) is 0.664. The molecule has 29 heavy (non-hydrogen) atoms. The molecule has 3 heterocycles. The standard InChI is InChI=1S/C21H25N5O3/c1-13-8-18(23-24(13)4)21(27)26(11-17-14(2)22-25(5)15(17)3)10-16-6-7-19-20(9-16)29-12-28-19/h6-9H,10-12H2,1-5H3. The van der Waals surface area contributed by atoms with E-state index >= 15 is 0 Å². The number of nitrogens with zero attached hydrogens (tertiary/aromatic N) is 5. The van der Waals surface area contributed by atoms with Gasteiger partial charge in [-0.05, 0) is 44.5 Å². The topological polar surface area (TPSA) is 74.4 Å². The van der Waals surface area contributed by atoms with Crippen LogP contribution in [0, 0.1) is 20.8 Å². The number of carbonyl (C=O) groups excluding carboxylic acids is 1. The van der Waals surface area contributed by atoms with Gasteiger partial charge in [-0.2, -0.15) is 10.2 Å². The van der Waals surface area contributed by atoms with Crippen molar-refractivity contribution in [2.45, 2.75) is 33.9 Å². The van der Waals surface area contributed by atoms with Crippen LogP contribution in [0.2, 0.25) is 0 Å². The number of hydrogen-bond acceptors (Lipinski definition) is 5. The lowest BCUT2D eigenvalue weighted by Crippen LogP contribution is -2.31. The summed E-state index contributed by atoms with van der Waals surface area (Å²) < 4.78 is 14.4. The summed E-state index contributed by atoms with van der Waals surface area (Å²) in [6, 6.07) is 7.58. The number of fused-ring (bicyclic) bond motifs is 1. The minimum absolute atomic E-state index is 0.117. The number of ether oxygens (including phenoxy) is 2. The van der Waals surface area contributed by atoms with Gasteiger partial charge < -0.3 is 14.4 Å². The Morgan fingerprint density at radius 3 is 2.45 bits per heavy atom. The molecule has 2 aromatic heterocycles. The lowest BCUT2D eigenvalue weighted by atomic mass is 10.1. The molecular weight excluding hydrogens is 370 g/mol. The Hall–Kier alpha value is -3.29. The monoisotopic (exact) mass is 395 g/mol. The van der Waals surface area contributed by atoms with Crippen molar-refractivity contribution in [2.24, 2.45) is 14.1 Å². The Morgan fingerprint density at radius 1 is 1.03 bits per heavy atom. The minimum Gasteiger partial charge on any atom is -0.454 e. The van der Waals surface area contributed by atoms with Gasteiger partial charge in [-0.25, -0.2) is 0 Å². The Kier molecular flexibility index (Phi) is 4.77. The second-order valence-electron chi connectivity index (χ2n) is 7.42. The highest BCUT2D eigenvalue weighted by molar-refractivity contribution is 5.92. The van der Waals surface area contributed by atoms with E-state index in [1.54, 1.807) is 9.58 Å². The van der Waals surface area contributed by atoms with Gasteiger partial charge in [0.1, 0.15) is 0 Å². The molecule has 0 fully saturated rings. The predicted octanol–water partition coefficient (Wildman–Crippen LogP) is 2.65. The fraction of sp³-hybridized carbons (Fsp3) is 0.381. The van der Waals surface area contributed by atoms with Crippen molar-refractivity contribution in [3.63, 3.8) is 0 Å². The van der Waals surface area contributed by atoms with Crippen LogP contribution in [0.15, 0.2) is 24.3 Å². The fourth-order valence-corrected chi connectivity index (χ4v) is 3.52. The molecule has 3 aromatic rings. The molecule has 8 nitrogen and oxygen atoms in total. The third-order valence-corrected chi connectivity index (χ3v) is 5.44. The van der Waals surface area contributed by atoms with E-state index < -0.39 is 0 Å². The normalized spacial score (nSPS) is 12.4. The summed E-state index contributed by atoms with van der Waals surface area (Å²) >= 11 is 0. The molecule has 1 aliphatic heterocycles. The first kappa shape index (κ1) is 19.0. The molecule has 0 saturated heterocycles. The van der Waals surface area contributed by atoms with Crippen LogP contribution in [0.1, 0.15) is 38.7 Å². The number of hydrogen-bond donors (Lipinski definition) is 0. The molecule has 0 unspecified atom stereocenters. The third-order valence-electron chi connectivity index (χ3n) is 5.44. The number of aryl methyl sites for hydroxylation is 4. The highest BCUT2D eigenvalue weighted by Crippen LogP contribution is 2.33. The molecule has 0 atom stereocenters. The molecule has 4 rings (SSSR count). The first-order valence-corrected chi connectivity index (χ1v) is 9.51. The maximum Gasteiger partial charge on any atom is 0.274 e. The van der Waals surface area contributed by atoms with E-state index in [0.717, 1.165) is 34.0 Å². The molecule has 1 aromatic carbocycles. The molecule has 0 radical (unpaired) electrons. The van der Waals surface area contributed by atoms with E-state index in [-0.39, 0.29) is 12.7 Å². The van der Waals surface area contributed by atoms with Crippen molar-refractivity contribution in [3.8, 4) is 11.5 Å². The molecule has 1 aliphatic rings. The lowest BCUT2D eigenvalue weighted by Gasteiger charge is -2.22. The van der Waals surface area contributed by atoms with Crippen molar-refractivity contribution in [2.75, 3.05) is 6.79 Å². The Bertz CT molecular complexity index is 1060. The average Bonchev–Trinajstić information content (AvgIpc) is 3.35. The van der Waals surface area contributed by atoms with Crippen LogP contribution < -0.4 is 9.47 Å². The van der Waals surface area contributed by atoms with Gasteiger partial charge in [-0.1, -0.05) is 6.07 Å². The van der Waals surface area contributed by atoms with Crippen LogP contribution in [0.4, 0.5) is 0 Å². The van der Waals surface area contributed by atoms with Gasteiger partial charge in [0.2, 0.25) is 6.79 Å². The summed E-state index contributed by atoms with van der Waals surface area (Å²) in [5.41, 5.74) is 5.35. The molecule has 152 valence electrons. The second kappa shape index (κ2) is 7.27. The van der Waals surface area contributed by atoms with E-state index in [4.69, 9.17) is 9.47 Å². The zero-order valence-electron chi connectivity index (χ0n) is 17.4. The molecule has 0 N–H and O–H groups in total. The van der Waals surface area contributed by atoms with Crippen molar-refractivity contribution < 1.29 is 14.3 Å². The summed E-state index contributed by atoms with van der Waals surface area (Å²) in [7, 11) is 3.75. The van der Waals surface area contributed by atoms with Crippen molar-refractivity contribution in [3.05, 3.63) is 58.2 Å². The fourth-order valence-electron chi connectivity index (χ4n) is 3.52. The maximum atomic E-state index is 13.3. The van der Waals surface area contributed by atoms with E-state index in [1.165, 1.54) is 0 Å². The largest absolute Gasteiger partial charge is 0.454 e. The van der Waals surface area contributed by atoms with Crippen LogP contribution in [0.5, 0.6) is 11.5 Å². The number of benzene rings is 1. The van der Waals surface area contributed by atoms with Crippen LogP contribution in [0.3, 0.4) is 0 Å². The maximum absolute atomic E-state index is 13.3. The van der Waals surface area contributed by atoms with Gasteiger partial charge in [-0.15, -0.1) is 0 Å². The Labute approximate surface area is 169 Å². The van der Waals surface area contributed by atoms with Gasteiger partial charge >= 0.3 is 0 Å². The van der Waals surface area contributed by atoms with Gasteiger partial charge in [0.25, 0.3) is 5.91 Å². The van der Waals surface area contributed by atoms with Crippen LogP contribution in [-0.2, 0) is 27.2 Å². The first-order chi connectivity index (χ1) is 13.8. The number of aromatic nitrogens is 4. The molecule has 8 heteroatoms. The van der Waals surface area contributed by atoms with E-state index in [0.29, 0.717) is 24.5 Å². The molecule has 0 aliphatic carbocycles. The van der Waals surface area contributed by atoms with Gasteiger partial charge in [-0.3, -0.25) is 14.2 Å².